The Balaban J connectivity index is 2.56. The molecule has 0 aliphatic carbocycles. The molecule has 1 aromatic rings. The van der Waals surface area contributed by atoms with Crippen LogP contribution >= 0.6 is 0 Å². The quantitative estimate of drug-likeness (QED) is 0.573. The van der Waals surface area contributed by atoms with Crippen molar-refractivity contribution in [1.29, 1.82) is 0 Å². The fraction of sp³-hybridized carbons (Fsp3) is 0. The van der Waals surface area contributed by atoms with E-state index in [1.165, 1.54) is 0 Å². The summed E-state index contributed by atoms with van der Waals surface area (Å²) < 4.78 is 0. The Bertz CT molecular complexity index is 307. The summed E-state index contributed by atoms with van der Waals surface area (Å²) in [5.41, 5.74) is 9.91. The predicted molar refractivity (Wildman–Crippen MR) is 42.4 cm³/mol. The van der Waals surface area contributed by atoms with Crippen LogP contribution in [0, 0.1) is 0 Å². The van der Waals surface area contributed by atoms with E-state index in [2.05, 4.69) is 5.48 Å². The zero-order valence-corrected chi connectivity index (χ0v) is 5.87. The first kappa shape index (κ1) is 6.09. The summed E-state index contributed by atoms with van der Waals surface area (Å²) in [6.07, 6.45) is 1.63. The third-order valence-electron chi connectivity index (χ3n) is 1.58. The highest BCUT2D eigenvalue weighted by Crippen LogP contribution is 2.23. The normalized spacial score (nSPS) is 14.0. The molecule has 1 aliphatic heterocycles. The number of nitrogens with two attached hydrogens (primary N) is 1. The lowest BCUT2D eigenvalue weighted by molar-refractivity contribution is 0.238. The summed E-state index contributed by atoms with van der Waals surface area (Å²) in [5, 5.41) is 0. The van der Waals surface area contributed by atoms with Gasteiger partial charge in [-0.05, 0) is 12.1 Å². The molecule has 0 fully saturated rings. The maximum atomic E-state index is 5.66. The van der Waals surface area contributed by atoms with E-state index in [4.69, 9.17) is 10.6 Å². The van der Waals surface area contributed by atoms with Gasteiger partial charge >= 0.3 is 0 Å². The Morgan fingerprint density at radius 3 is 2.91 bits per heavy atom. The second-order valence-electron chi connectivity index (χ2n) is 2.32. The first-order valence-electron chi connectivity index (χ1n) is 3.35. The van der Waals surface area contributed by atoms with Crippen molar-refractivity contribution >= 4 is 5.70 Å². The maximum Gasteiger partial charge on any atom is 0.164 e. The van der Waals surface area contributed by atoms with Crippen molar-refractivity contribution in [2.24, 2.45) is 5.73 Å². The number of benzene rings is 1. The molecule has 0 saturated heterocycles. The van der Waals surface area contributed by atoms with Gasteiger partial charge in [0, 0.05) is 5.56 Å². The number of hydroxylamine groups is 1. The first-order chi connectivity index (χ1) is 5.38. The van der Waals surface area contributed by atoms with Crippen molar-refractivity contribution in [3.63, 3.8) is 0 Å². The van der Waals surface area contributed by atoms with Crippen molar-refractivity contribution in [3.05, 3.63) is 36.0 Å². The highest BCUT2D eigenvalue weighted by Gasteiger charge is 2.08. The summed E-state index contributed by atoms with van der Waals surface area (Å²) in [7, 11) is 0. The van der Waals surface area contributed by atoms with Crippen LogP contribution in [0.4, 0.5) is 0 Å². The van der Waals surface area contributed by atoms with Crippen LogP contribution in [0.15, 0.2) is 30.5 Å². The monoisotopic (exact) mass is 148 g/mol. The Hall–Kier alpha value is -1.64. The maximum absolute atomic E-state index is 5.66. The standard InChI is InChI=1S/C8H8N2O/c9-7-5-10-11-8-4-2-1-3-6(7)8/h1-5,10H,9H2. The Morgan fingerprint density at radius 1 is 1.27 bits per heavy atom. The van der Waals surface area contributed by atoms with Gasteiger partial charge in [-0.2, -0.15) is 0 Å². The van der Waals surface area contributed by atoms with Crippen LogP contribution in [0.1, 0.15) is 5.56 Å². The number of hydrogen-bond acceptors (Lipinski definition) is 3. The molecule has 0 aromatic heterocycles. The van der Waals surface area contributed by atoms with Gasteiger partial charge in [-0.25, -0.2) is 5.48 Å². The second kappa shape index (κ2) is 2.20. The summed E-state index contributed by atoms with van der Waals surface area (Å²) in [4.78, 5) is 5.09. The van der Waals surface area contributed by atoms with Crippen LogP contribution in [0.3, 0.4) is 0 Å². The number of fused-ring (bicyclic) bond motifs is 1. The van der Waals surface area contributed by atoms with E-state index < -0.39 is 0 Å². The second-order valence-corrected chi connectivity index (χ2v) is 2.32. The third kappa shape index (κ3) is 0.902. The molecule has 0 bridgehead atoms. The molecule has 0 amide bonds. The van der Waals surface area contributed by atoms with Gasteiger partial charge in [0.25, 0.3) is 0 Å². The van der Waals surface area contributed by atoms with E-state index in [0.717, 1.165) is 11.3 Å². The Kier molecular flexibility index (Phi) is 1.22. The fourth-order valence-corrected chi connectivity index (χ4v) is 1.03. The van der Waals surface area contributed by atoms with Crippen LogP contribution in [-0.2, 0) is 0 Å². The van der Waals surface area contributed by atoms with Gasteiger partial charge in [-0.1, -0.05) is 12.1 Å². The number of rotatable bonds is 0. The van der Waals surface area contributed by atoms with Crippen molar-refractivity contribution in [2.45, 2.75) is 0 Å². The Labute approximate surface area is 64.4 Å². The molecule has 1 heterocycles. The third-order valence-corrected chi connectivity index (χ3v) is 1.58. The molecule has 0 unspecified atom stereocenters. The first-order valence-corrected chi connectivity index (χ1v) is 3.35. The lowest BCUT2D eigenvalue weighted by atomic mass is 10.1. The topological polar surface area (TPSA) is 47.3 Å². The van der Waals surface area contributed by atoms with E-state index in [1.807, 2.05) is 24.3 Å². The summed E-state index contributed by atoms with van der Waals surface area (Å²) in [6, 6.07) is 7.61. The molecule has 0 atom stereocenters. The molecule has 3 nitrogen and oxygen atoms in total. The molecule has 3 N–H and O–H groups in total. The molecule has 0 saturated carbocycles. The minimum Gasteiger partial charge on any atom is -0.397 e. The van der Waals surface area contributed by atoms with E-state index in [9.17, 15) is 0 Å². The average Bonchev–Trinajstić information content (AvgIpc) is 2.06. The van der Waals surface area contributed by atoms with Crippen molar-refractivity contribution < 1.29 is 4.84 Å². The van der Waals surface area contributed by atoms with Crippen molar-refractivity contribution in [1.82, 2.24) is 5.48 Å². The smallest absolute Gasteiger partial charge is 0.164 e. The molecule has 56 valence electrons. The molecule has 2 rings (SSSR count). The number of hydrogen-bond donors (Lipinski definition) is 2. The van der Waals surface area contributed by atoms with E-state index >= 15 is 0 Å². The summed E-state index contributed by atoms with van der Waals surface area (Å²) >= 11 is 0. The largest absolute Gasteiger partial charge is 0.397 e. The van der Waals surface area contributed by atoms with Crippen LogP contribution < -0.4 is 16.1 Å². The summed E-state index contributed by atoms with van der Waals surface area (Å²) in [6.45, 7) is 0. The van der Waals surface area contributed by atoms with Gasteiger partial charge in [-0.15, -0.1) is 0 Å². The van der Waals surface area contributed by atoms with E-state index in [-0.39, 0.29) is 0 Å². The number of nitrogens with one attached hydrogen (secondary N) is 1. The van der Waals surface area contributed by atoms with Gasteiger partial charge in [-0.3, -0.25) is 0 Å². The predicted octanol–water partition coefficient (Wildman–Crippen LogP) is 0.841. The zero-order chi connectivity index (χ0) is 7.68. The molecule has 0 spiro atoms. The van der Waals surface area contributed by atoms with E-state index in [1.54, 1.807) is 6.20 Å². The van der Waals surface area contributed by atoms with E-state index in [0.29, 0.717) is 5.70 Å². The fourth-order valence-electron chi connectivity index (χ4n) is 1.03. The molecule has 1 aliphatic rings. The minimum atomic E-state index is 0.701. The van der Waals surface area contributed by atoms with Crippen LogP contribution in [0.5, 0.6) is 5.75 Å². The highest BCUT2D eigenvalue weighted by molar-refractivity contribution is 5.68. The van der Waals surface area contributed by atoms with Gasteiger partial charge in [0.15, 0.2) is 5.75 Å². The van der Waals surface area contributed by atoms with Crippen molar-refractivity contribution in [3.8, 4) is 5.75 Å². The minimum absolute atomic E-state index is 0.701. The van der Waals surface area contributed by atoms with Gasteiger partial charge in [0.2, 0.25) is 0 Å². The Morgan fingerprint density at radius 2 is 2.09 bits per heavy atom. The molecular weight excluding hydrogens is 140 g/mol. The molecule has 1 aromatic carbocycles. The van der Waals surface area contributed by atoms with Gasteiger partial charge in [0.05, 0.1) is 11.9 Å². The van der Waals surface area contributed by atoms with Crippen LogP contribution in [0.25, 0.3) is 5.70 Å². The molecule has 3 heteroatoms. The average molecular weight is 148 g/mol. The molecule has 11 heavy (non-hydrogen) atoms. The molecule has 0 radical (unpaired) electrons. The molecular formula is C8H8N2O. The number of para-hydroxylation sites is 1. The highest BCUT2D eigenvalue weighted by atomic mass is 16.6. The van der Waals surface area contributed by atoms with Crippen molar-refractivity contribution in [2.75, 3.05) is 0 Å². The SMILES string of the molecule is NC1=CNOc2ccccc21. The lowest BCUT2D eigenvalue weighted by Crippen LogP contribution is -2.19. The van der Waals surface area contributed by atoms with Crippen LogP contribution in [0.2, 0.25) is 0 Å². The van der Waals surface area contributed by atoms with Crippen LogP contribution in [-0.4, -0.2) is 0 Å². The van der Waals surface area contributed by atoms with Gasteiger partial charge in [0.1, 0.15) is 0 Å². The lowest BCUT2D eigenvalue weighted by Gasteiger charge is -2.15. The zero-order valence-electron chi connectivity index (χ0n) is 5.87. The summed E-state index contributed by atoms with van der Waals surface area (Å²) in [5.74, 6) is 0.771. The van der Waals surface area contributed by atoms with Gasteiger partial charge < -0.3 is 10.6 Å².